The van der Waals surface area contributed by atoms with Crippen molar-refractivity contribution in [2.24, 2.45) is 0 Å². The highest BCUT2D eigenvalue weighted by Crippen LogP contribution is 1.80. The lowest BCUT2D eigenvalue weighted by molar-refractivity contribution is 0.198. The summed E-state index contributed by atoms with van der Waals surface area (Å²) >= 11 is 0. The molecule has 0 radical (unpaired) electrons. The van der Waals surface area contributed by atoms with Crippen LogP contribution in [0, 0.1) is 11.5 Å². The summed E-state index contributed by atoms with van der Waals surface area (Å²) in [6, 6.07) is 0. The molecule has 0 atom stereocenters. The smallest absolute Gasteiger partial charge is 0.286 e. The molecule has 0 bridgehead atoms. The zero-order valence-electron chi connectivity index (χ0n) is 3.93. The van der Waals surface area contributed by atoms with Gasteiger partial charge in [-0.2, -0.15) is 5.26 Å². The molecule has 0 aliphatic carbocycles. The molecule has 2 nitrogen and oxygen atoms in total. The fourth-order valence-electron chi connectivity index (χ4n) is 0.105. The Bertz CT molecular complexity index is 62.4. The number of nitrogens with zero attached hydrogens (tertiary/aromatic N) is 1. The minimum Gasteiger partial charge on any atom is -0.425 e. The van der Waals surface area contributed by atoms with Gasteiger partial charge in [0.15, 0.2) is 0 Å². The minimum atomic E-state index is 0.0370. The van der Waals surface area contributed by atoms with E-state index in [-0.39, 0.29) is 6.10 Å². The normalized spacial score (nSPS) is 7.67. The summed E-state index contributed by atoms with van der Waals surface area (Å²) in [6.07, 6.45) is 1.60. The van der Waals surface area contributed by atoms with E-state index in [9.17, 15) is 0 Å². The summed E-state index contributed by atoms with van der Waals surface area (Å²) in [6.45, 7) is 3.62. The van der Waals surface area contributed by atoms with Gasteiger partial charge >= 0.3 is 0 Å². The fraction of sp³-hybridized carbons (Fsp3) is 0.750. The van der Waals surface area contributed by atoms with Gasteiger partial charge < -0.3 is 4.74 Å². The molecule has 0 unspecified atom stereocenters. The molecule has 0 aliphatic rings. The van der Waals surface area contributed by atoms with E-state index in [1.807, 2.05) is 13.8 Å². The van der Waals surface area contributed by atoms with Gasteiger partial charge in [0, 0.05) is 0 Å². The molecule has 6 heavy (non-hydrogen) atoms. The maximum absolute atomic E-state index is 7.76. The Hall–Kier alpha value is -0.710. The lowest BCUT2D eigenvalue weighted by Crippen LogP contribution is -1.93. The summed E-state index contributed by atoms with van der Waals surface area (Å²) in [4.78, 5) is 0. The molecule has 0 amide bonds. The van der Waals surface area contributed by atoms with Crippen molar-refractivity contribution in [2.75, 3.05) is 0 Å². The van der Waals surface area contributed by atoms with Gasteiger partial charge in [0.1, 0.15) is 6.10 Å². The van der Waals surface area contributed by atoms with E-state index in [4.69, 9.17) is 5.26 Å². The quantitative estimate of drug-likeness (QED) is 0.443. The molecule has 0 aromatic rings. The number of nitriles is 1. The first-order valence-corrected chi connectivity index (χ1v) is 1.82. The van der Waals surface area contributed by atoms with Crippen molar-refractivity contribution in [2.45, 2.75) is 20.0 Å². The first kappa shape index (κ1) is 5.29. The third kappa shape index (κ3) is 3.29. The van der Waals surface area contributed by atoms with Gasteiger partial charge in [0.25, 0.3) is 6.26 Å². The van der Waals surface area contributed by atoms with Crippen LogP contribution in [0.1, 0.15) is 13.8 Å². The Morgan fingerprint density at radius 1 is 1.67 bits per heavy atom. The molecular formula is C4H7NO. The van der Waals surface area contributed by atoms with Crippen molar-refractivity contribution in [3.8, 4) is 6.26 Å². The topological polar surface area (TPSA) is 33.0 Å². The van der Waals surface area contributed by atoms with Crippen LogP contribution in [0.5, 0.6) is 0 Å². The Morgan fingerprint density at radius 3 is 2.17 bits per heavy atom. The number of hydrogen-bond donors (Lipinski definition) is 0. The monoisotopic (exact) mass is 85.1 g/mol. The molecule has 0 N–H and O–H groups in total. The Morgan fingerprint density at radius 2 is 2.17 bits per heavy atom. The molecule has 0 fully saturated rings. The molecule has 0 aliphatic heterocycles. The average molecular weight is 85.1 g/mol. The molecule has 0 heterocycles. The van der Waals surface area contributed by atoms with Gasteiger partial charge in [-0.15, -0.1) is 0 Å². The highest BCUT2D eigenvalue weighted by Gasteiger charge is 1.84. The van der Waals surface area contributed by atoms with Crippen LogP contribution in [0.15, 0.2) is 0 Å². The second-order valence-corrected chi connectivity index (χ2v) is 1.26. The lowest BCUT2D eigenvalue weighted by Gasteiger charge is -1.93. The summed E-state index contributed by atoms with van der Waals surface area (Å²) in [5.41, 5.74) is 0. The van der Waals surface area contributed by atoms with Crippen molar-refractivity contribution >= 4 is 0 Å². The highest BCUT2D eigenvalue weighted by atomic mass is 16.5. The predicted octanol–water partition coefficient (Wildman–Crippen LogP) is 0.892. The first-order valence-electron chi connectivity index (χ1n) is 1.82. The van der Waals surface area contributed by atoms with Crippen molar-refractivity contribution in [3.05, 3.63) is 0 Å². The van der Waals surface area contributed by atoms with Crippen molar-refractivity contribution in [3.63, 3.8) is 0 Å². The Labute approximate surface area is 37.3 Å². The van der Waals surface area contributed by atoms with Crippen molar-refractivity contribution in [1.82, 2.24) is 0 Å². The summed E-state index contributed by atoms with van der Waals surface area (Å²) < 4.78 is 4.35. The summed E-state index contributed by atoms with van der Waals surface area (Å²) in [5, 5.41) is 7.76. The molecule has 0 rings (SSSR count). The fourth-order valence-corrected chi connectivity index (χ4v) is 0.105. The maximum atomic E-state index is 7.76. The van der Waals surface area contributed by atoms with Gasteiger partial charge in [0.2, 0.25) is 0 Å². The number of ether oxygens (including phenoxy) is 1. The van der Waals surface area contributed by atoms with E-state index in [1.54, 1.807) is 6.26 Å². The molecule has 0 aromatic carbocycles. The minimum absolute atomic E-state index is 0.0370. The van der Waals surface area contributed by atoms with E-state index in [2.05, 4.69) is 4.74 Å². The molecule has 2 heteroatoms. The van der Waals surface area contributed by atoms with Gasteiger partial charge in [0.05, 0.1) is 0 Å². The Kier molecular flexibility index (Phi) is 2.22. The maximum Gasteiger partial charge on any atom is 0.286 e. The van der Waals surface area contributed by atoms with Crippen LogP contribution in [0.25, 0.3) is 0 Å². The van der Waals surface area contributed by atoms with Crippen LogP contribution in [-0.4, -0.2) is 6.10 Å². The van der Waals surface area contributed by atoms with Gasteiger partial charge in [-0.05, 0) is 13.8 Å². The van der Waals surface area contributed by atoms with E-state index in [0.717, 1.165) is 0 Å². The molecular weight excluding hydrogens is 78.1 g/mol. The first-order chi connectivity index (χ1) is 2.77. The molecule has 0 saturated carbocycles. The number of hydrogen-bond acceptors (Lipinski definition) is 2. The van der Waals surface area contributed by atoms with E-state index in [1.165, 1.54) is 0 Å². The molecule has 34 valence electrons. The molecule has 0 aromatic heterocycles. The molecule has 0 saturated heterocycles. The molecule has 0 spiro atoms. The third-order valence-corrected chi connectivity index (χ3v) is 0.288. The van der Waals surface area contributed by atoms with Crippen LogP contribution >= 0.6 is 0 Å². The van der Waals surface area contributed by atoms with Gasteiger partial charge in [-0.25, -0.2) is 0 Å². The summed E-state index contributed by atoms with van der Waals surface area (Å²) in [7, 11) is 0. The van der Waals surface area contributed by atoms with Crippen LogP contribution in [0.2, 0.25) is 0 Å². The van der Waals surface area contributed by atoms with Gasteiger partial charge in [-0.1, -0.05) is 0 Å². The zero-order chi connectivity index (χ0) is 4.99. The second kappa shape index (κ2) is 2.52. The van der Waals surface area contributed by atoms with Crippen LogP contribution in [0.3, 0.4) is 0 Å². The average Bonchev–Trinajstić information content (AvgIpc) is 1.35. The largest absolute Gasteiger partial charge is 0.425 e. The van der Waals surface area contributed by atoms with Crippen molar-refractivity contribution in [1.29, 1.82) is 5.26 Å². The number of rotatable bonds is 1. The van der Waals surface area contributed by atoms with Crippen LogP contribution in [-0.2, 0) is 4.74 Å². The predicted molar refractivity (Wildman–Crippen MR) is 21.8 cm³/mol. The standard InChI is InChI=1S/C4H7NO/c1-4(2)6-3-5/h4H,1-2H3. The van der Waals surface area contributed by atoms with Crippen LogP contribution < -0.4 is 0 Å². The lowest BCUT2D eigenvalue weighted by atomic mass is 10.5. The third-order valence-electron chi connectivity index (χ3n) is 0.288. The van der Waals surface area contributed by atoms with Gasteiger partial charge in [-0.3, -0.25) is 0 Å². The van der Waals surface area contributed by atoms with E-state index < -0.39 is 0 Å². The summed E-state index contributed by atoms with van der Waals surface area (Å²) in [5.74, 6) is 0. The zero-order valence-corrected chi connectivity index (χ0v) is 3.93. The second-order valence-electron chi connectivity index (χ2n) is 1.26. The Balaban J connectivity index is 2.88. The SMILES string of the molecule is CC(C)OC#N. The van der Waals surface area contributed by atoms with E-state index in [0.29, 0.717) is 0 Å². The van der Waals surface area contributed by atoms with Crippen LogP contribution in [0.4, 0.5) is 0 Å². The van der Waals surface area contributed by atoms with E-state index >= 15 is 0 Å². The highest BCUT2D eigenvalue weighted by molar-refractivity contribution is 4.49. The van der Waals surface area contributed by atoms with Crippen molar-refractivity contribution < 1.29 is 4.74 Å².